The number of carbonyl (C=O) groups is 3. The topological polar surface area (TPSA) is 88.7 Å². The van der Waals surface area contributed by atoms with Crippen molar-refractivity contribution >= 4 is 35.1 Å². The van der Waals surface area contributed by atoms with Gasteiger partial charge in [0.05, 0.1) is 37.0 Å². The second-order valence-corrected chi connectivity index (χ2v) is 12.1. The van der Waals surface area contributed by atoms with Gasteiger partial charge in [-0.1, -0.05) is 84.4 Å². The summed E-state index contributed by atoms with van der Waals surface area (Å²) in [6, 6.07) is 24.0. The van der Waals surface area contributed by atoms with Crippen LogP contribution in [0.4, 0.5) is 10.5 Å². The summed E-state index contributed by atoms with van der Waals surface area (Å²) in [5.74, 6) is -0.355. The highest BCUT2D eigenvalue weighted by molar-refractivity contribution is 6.33. The van der Waals surface area contributed by atoms with Crippen LogP contribution in [0.15, 0.2) is 91.5 Å². The fraction of sp³-hybridized carbons (Fsp3) is 0.343. The third-order valence-electron chi connectivity index (χ3n) is 8.67. The van der Waals surface area contributed by atoms with Gasteiger partial charge in [-0.05, 0) is 28.8 Å². The Morgan fingerprint density at radius 2 is 1.65 bits per heavy atom. The number of fused-ring (bicyclic) bond motifs is 1. The maximum Gasteiger partial charge on any atom is 0.334 e. The number of ether oxygens (including phenoxy) is 1. The molecule has 0 saturated carbocycles. The standard InChI is InChI=1S/C35H39ClN6O4/c1-2-15-40-25-33(43)41-31(20-26-9-5-3-6-10-26)34(44)39(23-28-13-14-29(36)30(21-28)38-16-18-46-19-17-38)24-32(41)42(40)35(45)37-22-27-11-7-4-8-12-27/h2-14,21,31-32H,1,15-20,22-25H2,(H,37,45)/t31-,32-/m0/s1. The van der Waals surface area contributed by atoms with Crippen LogP contribution in [-0.4, -0.2) is 95.8 Å². The number of hydrogen-bond acceptors (Lipinski definition) is 6. The summed E-state index contributed by atoms with van der Waals surface area (Å²) in [6.07, 6.45) is 1.29. The Kier molecular flexibility index (Phi) is 9.87. The molecule has 240 valence electrons. The van der Waals surface area contributed by atoms with Crippen LogP contribution >= 0.6 is 11.6 Å². The van der Waals surface area contributed by atoms with E-state index in [0.717, 1.165) is 35.5 Å². The first kappa shape index (κ1) is 31.6. The molecule has 0 spiro atoms. The van der Waals surface area contributed by atoms with Gasteiger partial charge in [-0.25, -0.2) is 14.8 Å². The molecule has 3 aliphatic heterocycles. The lowest BCUT2D eigenvalue weighted by molar-refractivity contribution is -0.189. The van der Waals surface area contributed by atoms with Crippen molar-refractivity contribution in [3.05, 3.63) is 113 Å². The number of carbonyl (C=O) groups excluding carboxylic acids is 3. The van der Waals surface area contributed by atoms with Crippen LogP contribution in [0.1, 0.15) is 16.7 Å². The van der Waals surface area contributed by atoms with Crippen LogP contribution in [0.5, 0.6) is 0 Å². The van der Waals surface area contributed by atoms with E-state index >= 15 is 0 Å². The molecule has 0 aliphatic carbocycles. The molecule has 46 heavy (non-hydrogen) atoms. The second kappa shape index (κ2) is 14.4. The lowest BCUT2D eigenvalue weighted by Gasteiger charge is -2.55. The number of anilines is 1. The quantitative estimate of drug-likeness (QED) is 0.356. The Balaban J connectivity index is 1.33. The van der Waals surface area contributed by atoms with E-state index in [2.05, 4.69) is 16.8 Å². The van der Waals surface area contributed by atoms with Gasteiger partial charge >= 0.3 is 6.03 Å². The lowest BCUT2D eigenvalue weighted by Crippen LogP contribution is -2.76. The van der Waals surface area contributed by atoms with Crippen molar-refractivity contribution in [3.63, 3.8) is 0 Å². The molecule has 3 saturated heterocycles. The van der Waals surface area contributed by atoms with Crippen LogP contribution in [0.2, 0.25) is 5.02 Å². The van der Waals surface area contributed by atoms with E-state index in [1.165, 1.54) is 0 Å². The van der Waals surface area contributed by atoms with Crippen molar-refractivity contribution < 1.29 is 19.1 Å². The van der Waals surface area contributed by atoms with Gasteiger partial charge < -0.3 is 24.8 Å². The number of hydrazine groups is 1. The first-order valence-corrected chi connectivity index (χ1v) is 16.0. The number of urea groups is 1. The van der Waals surface area contributed by atoms with Crippen LogP contribution in [0, 0.1) is 0 Å². The highest BCUT2D eigenvalue weighted by atomic mass is 35.5. The molecule has 3 aliphatic rings. The molecule has 3 fully saturated rings. The molecule has 2 atom stereocenters. The van der Waals surface area contributed by atoms with Gasteiger partial charge in [0, 0.05) is 39.1 Å². The first-order valence-electron chi connectivity index (χ1n) is 15.6. The number of rotatable bonds is 9. The van der Waals surface area contributed by atoms with Crippen LogP contribution in [-0.2, 0) is 33.8 Å². The molecule has 0 unspecified atom stereocenters. The minimum absolute atomic E-state index is 0.0417. The fourth-order valence-electron chi connectivity index (χ4n) is 6.46. The third kappa shape index (κ3) is 6.89. The Bertz CT molecular complexity index is 1550. The van der Waals surface area contributed by atoms with Crippen molar-refractivity contribution in [1.29, 1.82) is 0 Å². The second-order valence-electron chi connectivity index (χ2n) is 11.7. The van der Waals surface area contributed by atoms with Crippen molar-refractivity contribution in [2.24, 2.45) is 0 Å². The first-order chi connectivity index (χ1) is 22.4. The van der Waals surface area contributed by atoms with Crippen molar-refractivity contribution in [3.8, 4) is 0 Å². The molecule has 11 heteroatoms. The molecule has 0 aromatic heterocycles. The van der Waals surface area contributed by atoms with E-state index in [9.17, 15) is 14.4 Å². The van der Waals surface area contributed by atoms with Crippen LogP contribution < -0.4 is 10.2 Å². The molecule has 0 bridgehead atoms. The highest BCUT2D eigenvalue weighted by Crippen LogP contribution is 2.32. The normalized spacial score (nSPS) is 20.5. The van der Waals surface area contributed by atoms with Gasteiger partial charge in [-0.3, -0.25) is 9.59 Å². The Morgan fingerprint density at radius 3 is 2.35 bits per heavy atom. The van der Waals surface area contributed by atoms with E-state index in [0.29, 0.717) is 44.3 Å². The third-order valence-corrected chi connectivity index (χ3v) is 8.99. The largest absolute Gasteiger partial charge is 0.378 e. The SMILES string of the molecule is C=CCN1CC(=O)N2[C@@H](Cc3ccccc3)C(=O)N(Cc3ccc(Cl)c(N4CCOCC4)c3)C[C@@H]2N1C(=O)NCc1ccccc1. The fourth-order valence-corrected chi connectivity index (χ4v) is 6.70. The van der Waals surface area contributed by atoms with E-state index in [4.69, 9.17) is 16.3 Å². The molecule has 3 heterocycles. The summed E-state index contributed by atoms with van der Waals surface area (Å²) in [5, 5.41) is 6.99. The molecule has 4 amide bonds. The van der Waals surface area contributed by atoms with Crippen molar-refractivity contribution in [2.45, 2.75) is 31.7 Å². The van der Waals surface area contributed by atoms with E-state index < -0.39 is 12.2 Å². The van der Waals surface area contributed by atoms with Gasteiger partial charge in [0.25, 0.3) is 0 Å². The zero-order chi connectivity index (χ0) is 32.0. The van der Waals surface area contributed by atoms with Gasteiger partial charge in [-0.2, -0.15) is 0 Å². The number of amides is 4. The monoisotopic (exact) mass is 642 g/mol. The van der Waals surface area contributed by atoms with E-state index in [1.807, 2.05) is 78.9 Å². The number of hydrogen-bond donors (Lipinski definition) is 1. The summed E-state index contributed by atoms with van der Waals surface area (Å²) < 4.78 is 5.53. The van der Waals surface area contributed by atoms with E-state index in [1.54, 1.807) is 25.9 Å². The van der Waals surface area contributed by atoms with Crippen LogP contribution in [0.3, 0.4) is 0 Å². The van der Waals surface area contributed by atoms with E-state index in [-0.39, 0.29) is 30.9 Å². The Morgan fingerprint density at radius 1 is 0.957 bits per heavy atom. The lowest BCUT2D eigenvalue weighted by atomic mass is 9.98. The molecule has 0 radical (unpaired) electrons. The van der Waals surface area contributed by atoms with Gasteiger partial charge in [0.2, 0.25) is 11.8 Å². The average Bonchev–Trinajstić information content (AvgIpc) is 3.08. The van der Waals surface area contributed by atoms with Gasteiger partial charge in [0.1, 0.15) is 12.2 Å². The summed E-state index contributed by atoms with van der Waals surface area (Å²) in [5.41, 5.74) is 3.71. The predicted octanol–water partition coefficient (Wildman–Crippen LogP) is 3.91. The van der Waals surface area contributed by atoms with Crippen molar-refractivity contribution in [2.75, 3.05) is 50.8 Å². The number of halogens is 1. The molecule has 3 aromatic carbocycles. The smallest absolute Gasteiger partial charge is 0.334 e. The maximum absolute atomic E-state index is 14.3. The average molecular weight is 643 g/mol. The van der Waals surface area contributed by atoms with Gasteiger partial charge in [-0.15, -0.1) is 6.58 Å². The molecular formula is C35H39ClN6O4. The predicted molar refractivity (Wildman–Crippen MR) is 177 cm³/mol. The number of benzene rings is 3. The Hall–Kier alpha value is -4.38. The molecule has 10 nitrogen and oxygen atoms in total. The zero-order valence-corrected chi connectivity index (χ0v) is 26.5. The summed E-state index contributed by atoms with van der Waals surface area (Å²) in [7, 11) is 0. The number of nitrogens with zero attached hydrogens (tertiary/aromatic N) is 5. The molecule has 1 N–H and O–H groups in total. The number of piperazine rings is 1. The summed E-state index contributed by atoms with van der Waals surface area (Å²) in [6.45, 7) is 7.62. The van der Waals surface area contributed by atoms with Crippen LogP contribution in [0.25, 0.3) is 0 Å². The number of nitrogens with one attached hydrogen (secondary N) is 1. The zero-order valence-electron chi connectivity index (χ0n) is 25.8. The molecule has 6 rings (SSSR count). The summed E-state index contributed by atoms with van der Waals surface area (Å²) >= 11 is 6.62. The number of morpholine rings is 1. The molecule has 3 aromatic rings. The Labute approximate surface area is 274 Å². The summed E-state index contributed by atoms with van der Waals surface area (Å²) in [4.78, 5) is 47.7. The molecular weight excluding hydrogens is 604 g/mol. The maximum atomic E-state index is 14.3. The van der Waals surface area contributed by atoms with Gasteiger partial charge in [0.15, 0.2) is 0 Å². The van der Waals surface area contributed by atoms with Crippen molar-refractivity contribution in [1.82, 2.24) is 25.1 Å². The highest BCUT2D eigenvalue weighted by Gasteiger charge is 2.51. The minimum Gasteiger partial charge on any atom is -0.378 e. The minimum atomic E-state index is -0.782.